The third kappa shape index (κ3) is 2.28. The van der Waals surface area contributed by atoms with Crippen molar-refractivity contribution in [3.05, 3.63) is 53.6 Å². The summed E-state index contributed by atoms with van der Waals surface area (Å²) in [7, 11) is -4.19. The zero-order valence-electron chi connectivity index (χ0n) is 12.6. The first-order valence-electron chi connectivity index (χ1n) is 7.41. The summed E-state index contributed by atoms with van der Waals surface area (Å²) in [5.41, 5.74) is 2.33. The van der Waals surface area contributed by atoms with Gasteiger partial charge in [0.05, 0.1) is 4.90 Å². The molecule has 0 spiro atoms. The van der Waals surface area contributed by atoms with Crippen LogP contribution in [0.3, 0.4) is 0 Å². The van der Waals surface area contributed by atoms with E-state index in [1.165, 1.54) is 17.0 Å². The third-order valence-electron chi connectivity index (χ3n) is 4.22. The van der Waals surface area contributed by atoms with Crippen LogP contribution in [-0.4, -0.2) is 13.0 Å². The van der Waals surface area contributed by atoms with Crippen molar-refractivity contribution in [2.45, 2.75) is 31.6 Å². The van der Waals surface area contributed by atoms with Gasteiger partial charge in [0.2, 0.25) is 0 Å². The van der Waals surface area contributed by atoms with Crippen molar-refractivity contribution in [1.82, 2.24) is 0 Å². The van der Waals surface area contributed by atoms with Crippen molar-refractivity contribution >= 4 is 31.7 Å². The first-order valence-corrected chi connectivity index (χ1v) is 8.85. The van der Waals surface area contributed by atoms with Gasteiger partial charge in [0.15, 0.2) is 0 Å². The number of hydrogen-bond donors (Lipinski definition) is 1. The molecule has 0 radical (unpaired) electrons. The molecule has 0 fully saturated rings. The van der Waals surface area contributed by atoms with Crippen LogP contribution in [-0.2, 0) is 23.0 Å². The highest BCUT2D eigenvalue weighted by atomic mass is 32.2. The summed E-state index contributed by atoms with van der Waals surface area (Å²) < 4.78 is 32.2. The maximum absolute atomic E-state index is 11.4. The Balaban J connectivity index is 2.56. The molecule has 0 amide bonds. The molecule has 0 atom stereocenters. The lowest BCUT2D eigenvalue weighted by Crippen LogP contribution is -2.00. The Bertz CT molecular complexity index is 972. The summed E-state index contributed by atoms with van der Waals surface area (Å²) in [4.78, 5) is -0.0490. The van der Waals surface area contributed by atoms with E-state index in [0.29, 0.717) is 0 Å². The van der Waals surface area contributed by atoms with E-state index < -0.39 is 10.1 Å². The predicted octanol–water partition coefficient (Wildman–Crippen LogP) is 4.36. The molecule has 0 bridgehead atoms. The summed E-state index contributed by atoms with van der Waals surface area (Å²) in [6.07, 6.45) is 1.67. The zero-order chi connectivity index (χ0) is 15.9. The molecule has 3 aromatic carbocycles. The van der Waals surface area contributed by atoms with Gasteiger partial charge in [-0.25, -0.2) is 0 Å². The molecule has 1 N–H and O–H groups in total. The predicted molar refractivity (Wildman–Crippen MR) is 90.0 cm³/mol. The lowest BCUT2D eigenvalue weighted by molar-refractivity contribution is 0.483. The molecule has 4 heteroatoms. The van der Waals surface area contributed by atoms with Gasteiger partial charge in [0.25, 0.3) is 10.1 Å². The highest BCUT2D eigenvalue weighted by molar-refractivity contribution is 7.85. The second kappa shape index (κ2) is 5.38. The van der Waals surface area contributed by atoms with E-state index in [0.717, 1.165) is 34.6 Å². The third-order valence-corrected chi connectivity index (χ3v) is 5.07. The van der Waals surface area contributed by atoms with Crippen molar-refractivity contribution in [3.8, 4) is 0 Å². The van der Waals surface area contributed by atoms with Crippen LogP contribution in [0.25, 0.3) is 21.5 Å². The highest BCUT2D eigenvalue weighted by Crippen LogP contribution is 2.34. The van der Waals surface area contributed by atoms with E-state index in [1.807, 2.05) is 18.2 Å². The van der Waals surface area contributed by atoms with Crippen LogP contribution >= 0.6 is 0 Å². The largest absolute Gasteiger partial charge is 0.294 e. The van der Waals surface area contributed by atoms with Gasteiger partial charge in [0.1, 0.15) is 0 Å². The van der Waals surface area contributed by atoms with Gasteiger partial charge in [0, 0.05) is 0 Å². The van der Waals surface area contributed by atoms with Crippen molar-refractivity contribution in [2.75, 3.05) is 0 Å². The molecule has 0 saturated carbocycles. The summed E-state index contributed by atoms with van der Waals surface area (Å²) in [5.74, 6) is 0. The summed E-state index contributed by atoms with van der Waals surface area (Å²) >= 11 is 0. The average molecular weight is 314 g/mol. The Kier molecular flexibility index (Phi) is 3.67. The Morgan fingerprint density at radius 2 is 1.32 bits per heavy atom. The maximum atomic E-state index is 11.4. The summed E-state index contributed by atoms with van der Waals surface area (Å²) in [6, 6.07) is 13.1. The molecule has 0 aliphatic carbocycles. The van der Waals surface area contributed by atoms with Crippen LogP contribution in [0.15, 0.2) is 47.4 Å². The number of benzene rings is 3. The van der Waals surface area contributed by atoms with Gasteiger partial charge >= 0.3 is 0 Å². The Morgan fingerprint density at radius 1 is 0.818 bits per heavy atom. The van der Waals surface area contributed by atoms with Crippen molar-refractivity contribution < 1.29 is 13.0 Å². The highest BCUT2D eigenvalue weighted by Gasteiger charge is 2.15. The lowest BCUT2D eigenvalue weighted by atomic mass is 9.90. The summed E-state index contributed by atoms with van der Waals surface area (Å²) in [6.45, 7) is 4.16. The number of aryl methyl sites for hydroxylation is 2. The van der Waals surface area contributed by atoms with Crippen LogP contribution < -0.4 is 0 Å². The molecule has 3 aromatic rings. The SMILES string of the molecule is CCc1c2ccccc2c(CC)c2cc(S(=O)(=O)O)ccc12. The number of rotatable bonds is 3. The van der Waals surface area contributed by atoms with Crippen LogP contribution in [0, 0.1) is 0 Å². The standard InChI is InChI=1S/C18H18O3S/c1-3-13-15-7-5-6-8-16(15)14(4-2)18-11-12(22(19,20)21)9-10-17(13)18/h5-11H,3-4H2,1-2H3,(H,19,20,21). The molecule has 3 rings (SSSR count). The molecule has 0 saturated heterocycles. The lowest BCUT2D eigenvalue weighted by Gasteiger charge is -2.15. The second-order valence-electron chi connectivity index (χ2n) is 5.39. The molecule has 114 valence electrons. The molecule has 22 heavy (non-hydrogen) atoms. The monoisotopic (exact) mass is 314 g/mol. The topological polar surface area (TPSA) is 54.4 Å². The average Bonchev–Trinajstić information content (AvgIpc) is 2.51. The van der Waals surface area contributed by atoms with E-state index >= 15 is 0 Å². The van der Waals surface area contributed by atoms with E-state index in [2.05, 4.69) is 26.0 Å². The fourth-order valence-corrected chi connectivity index (χ4v) is 3.76. The van der Waals surface area contributed by atoms with Gasteiger partial charge in [-0.3, -0.25) is 4.55 Å². The summed E-state index contributed by atoms with van der Waals surface area (Å²) in [5, 5.41) is 4.34. The molecule has 3 nitrogen and oxygen atoms in total. The molecule has 0 heterocycles. The molecular weight excluding hydrogens is 296 g/mol. The van der Waals surface area contributed by atoms with Crippen LogP contribution in [0.2, 0.25) is 0 Å². The zero-order valence-corrected chi connectivity index (χ0v) is 13.4. The van der Waals surface area contributed by atoms with Gasteiger partial charge in [-0.1, -0.05) is 44.2 Å². The quantitative estimate of drug-likeness (QED) is 0.577. The Hall–Kier alpha value is -1.91. The maximum Gasteiger partial charge on any atom is 0.294 e. The van der Waals surface area contributed by atoms with Crippen LogP contribution in [0.5, 0.6) is 0 Å². The Morgan fingerprint density at radius 3 is 1.82 bits per heavy atom. The minimum Gasteiger partial charge on any atom is -0.282 e. The first kappa shape index (κ1) is 15.0. The van der Waals surface area contributed by atoms with E-state index in [1.54, 1.807) is 6.07 Å². The molecule has 0 aliphatic rings. The first-order chi connectivity index (χ1) is 10.5. The van der Waals surface area contributed by atoms with Gasteiger partial charge in [-0.15, -0.1) is 0 Å². The van der Waals surface area contributed by atoms with Crippen molar-refractivity contribution in [3.63, 3.8) is 0 Å². The van der Waals surface area contributed by atoms with Gasteiger partial charge in [-0.05, 0) is 57.6 Å². The fourth-order valence-electron chi connectivity index (χ4n) is 3.26. The Labute approximate surface area is 130 Å². The molecule has 0 aromatic heterocycles. The van der Waals surface area contributed by atoms with E-state index in [-0.39, 0.29) is 4.90 Å². The van der Waals surface area contributed by atoms with Gasteiger partial charge < -0.3 is 0 Å². The van der Waals surface area contributed by atoms with Crippen molar-refractivity contribution in [2.24, 2.45) is 0 Å². The van der Waals surface area contributed by atoms with Crippen LogP contribution in [0.1, 0.15) is 25.0 Å². The van der Waals surface area contributed by atoms with Crippen LogP contribution in [0.4, 0.5) is 0 Å². The fraction of sp³-hybridized carbons (Fsp3) is 0.222. The molecular formula is C18H18O3S. The van der Waals surface area contributed by atoms with Gasteiger partial charge in [-0.2, -0.15) is 8.42 Å². The van der Waals surface area contributed by atoms with E-state index in [4.69, 9.17) is 0 Å². The van der Waals surface area contributed by atoms with Crippen molar-refractivity contribution in [1.29, 1.82) is 0 Å². The van der Waals surface area contributed by atoms with E-state index in [9.17, 15) is 13.0 Å². The number of fused-ring (bicyclic) bond motifs is 2. The smallest absolute Gasteiger partial charge is 0.282 e. The molecule has 0 aliphatic heterocycles. The minimum atomic E-state index is -4.19. The number of hydrogen-bond acceptors (Lipinski definition) is 2. The second-order valence-corrected chi connectivity index (χ2v) is 6.81. The molecule has 0 unspecified atom stereocenters. The minimum absolute atomic E-state index is 0.0490. The normalized spacial score (nSPS) is 12.1.